The number of halogens is 5. The minimum Gasteiger partial charge on any atom is -0.301 e. The number of alkyl halides is 3. The minimum atomic E-state index is -4.79. The molecule has 0 saturated carbocycles. The average molecular weight is 555 g/mol. The molecule has 2 heterocycles. The topological polar surface area (TPSA) is 78.4 Å². The second-order valence-corrected chi connectivity index (χ2v) is 9.17. The van der Waals surface area contributed by atoms with Gasteiger partial charge in [0.25, 0.3) is 11.5 Å². The Morgan fingerprint density at radius 2 is 1.82 bits per heavy atom. The van der Waals surface area contributed by atoms with E-state index in [1.165, 1.54) is 17.1 Å². The highest BCUT2D eigenvalue weighted by atomic mass is 79.9. The van der Waals surface area contributed by atoms with E-state index in [1.807, 2.05) is 24.3 Å². The first-order valence-electron chi connectivity index (χ1n) is 9.82. The molecule has 1 aliphatic heterocycles. The van der Waals surface area contributed by atoms with Crippen LogP contribution in [0.5, 0.6) is 0 Å². The molecule has 4 rings (SSSR count). The van der Waals surface area contributed by atoms with Crippen molar-refractivity contribution in [1.82, 2.24) is 15.0 Å². The third-order valence-electron chi connectivity index (χ3n) is 4.94. The Bertz CT molecular complexity index is 1290. The molecule has 2 aromatic carbocycles. The molecular formula is C22H15BrF4N4O2S. The number of hydrogen-bond acceptors (Lipinski definition) is 5. The number of thioether (sulfide) groups is 1. The van der Waals surface area contributed by atoms with Crippen LogP contribution in [0.2, 0.25) is 0 Å². The number of hydrogen-bond donors (Lipinski definition) is 1. The van der Waals surface area contributed by atoms with E-state index in [1.54, 1.807) is 12.1 Å². The van der Waals surface area contributed by atoms with Crippen LogP contribution >= 0.6 is 27.7 Å². The smallest absolute Gasteiger partial charge is 0.301 e. The summed E-state index contributed by atoms with van der Waals surface area (Å²) in [6, 6.07) is 12.8. The van der Waals surface area contributed by atoms with Gasteiger partial charge in [-0.3, -0.25) is 9.59 Å². The van der Waals surface area contributed by atoms with Crippen molar-refractivity contribution in [3.8, 4) is 0 Å². The van der Waals surface area contributed by atoms with E-state index in [-0.39, 0.29) is 10.9 Å². The number of H-pyrrole nitrogens is 1. The molecule has 0 spiro atoms. The summed E-state index contributed by atoms with van der Waals surface area (Å²) in [4.78, 5) is 30.2. The molecule has 1 N–H and O–H groups in total. The van der Waals surface area contributed by atoms with Crippen LogP contribution in [0.4, 0.5) is 17.6 Å². The van der Waals surface area contributed by atoms with Gasteiger partial charge in [-0.05, 0) is 35.4 Å². The number of amides is 1. The molecule has 0 saturated heterocycles. The van der Waals surface area contributed by atoms with Crippen molar-refractivity contribution in [2.24, 2.45) is 5.10 Å². The lowest BCUT2D eigenvalue weighted by molar-refractivity contribution is -0.141. The van der Waals surface area contributed by atoms with Crippen LogP contribution in [-0.4, -0.2) is 32.3 Å². The highest BCUT2D eigenvalue weighted by Gasteiger charge is 2.35. The summed E-state index contributed by atoms with van der Waals surface area (Å²) in [5.74, 6) is -1.26. The van der Waals surface area contributed by atoms with Crippen LogP contribution < -0.4 is 5.56 Å². The van der Waals surface area contributed by atoms with Gasteiger partial charge in [0.15, 0.2) is 10.9 Å². The molecule has 1 unspecified atom stereocenters. The van der Waals surface area contributed by atoms with Crippen LogP contribution in [0.25, 0.3) is 0 Å². The Morgan fingerprint density at radius 3 is 2.47 bits per heavy atom. The van der Waals surface area contributed by atoms with Crippen LogP contribution in [-0.2, 0) is 11.0 Å². The van der Waals surface area contributed by atoms with E-state index in [2.05, 4.69) is 31.0 Å². The highest BCUT2D eigenvalue weighted by Crippen LogP contribution is 2.34. The Hall–Kier alpha value is -2.99. The third kappa shape index (κ3) is 5.55. The quantitative estimate of drug-likeness (QED) is 0.268. The van der Waals surface area contributed by atoms with E-state index in [4.69, 9.17) is 0 Å². The predicted molar refractivity (Wildman–Crippen MR) is 122 cm³/mol. The number of rotatable bonds is 5. The zero-order valence-corrected chi connectivity index (χ0v) is 19.5. The number of carbonyl (C=O) groups excluding carboxylic acids is 1. The summed E-state index contributed by atoms with van der Waals surface area (Å²) in [5, 5.41) is 5.37. The second kappa shape index (κ2) is 9.71. The summed E-state index contributed by atoms with van der Waals surface area (Å²) in [6.07, 6.45) is -4.43. The largest absolute Gasteiger partial charge is 0.433 e. The van der Waals surface area contributed by atoms with Gasteiger partial charge in [-0.15, -0.1) is 0 Å². The van der Waals surface area contributed by atoms with Crippen LogP contribution in [0.3, 0.4) is 0 Å². The first-order valence-corrected chi connectivity index (χ1v) is 11.6. The third-order valence-corrected chi connectivity index (χ3v) is 6.33. The summed E-state index contributed by atoms with van der Waals surface area (Å²) in [5.41, 5.74) is -0.237. The van der Waals surface area contributed by atoms with Crippen molar-refractivity contribution in [1.29, 1.82) is 0 Å². The molecule has 1 amide bonds. The number of aromatic nitrogens is 2. The Labute approximate surface area is 203 Å². The van der Waals surface area contributed by atoms with Gasteiger partial charge in [-0.2, -0.15) is 18.3 Å². The summed E-state index contributed by atoms with van der Waals surface area (Å²) < 4.78 is 53.1. The van der Waals surface area contributed by atoms with Crippen molar-refractivity contribution < 1.29 is 22.4 Å². The average Bonchev–Trinajstić information content (AvgIpc) is 3.23. The van der Waals surface area contributed by atoms with Gasteiger partial charge in [0, 0.05) is 17.0 Å². The van der Waals surface area contributed by atoms with Crippen LogP contribution in [0.1, 0.15) is 29.3 Å². The Kier molecular flexibility index (Phi) is 6.89. The van der Waals surface area contributed by atoms with Crippen molar-refractivity contribution >= 4 is 39.3 Å². The maximum absolute atomic E-state index is 13.4. The lowest BCUT2D eigenvalue weighted by atomic mass is 9.98. The normalized spacial score (nSPS) is 16.0. The molecule has 176 valence electrons. The highest BCUT2D eigenvalue weighted by molar-refractivity contribution is 9.10. The van der Waals surface area contributed by atoms with E-state index in [0.29, 0.717) is 35.5 Å². The van der Waals surface area contributed by atoms with E-state index >= 15 is 0 Å². The molecule has 0 bridgehead atoms. The molecule has 12 heteroatoms. The lowest BCUT2D eigenvalue weighted by Gasteiger charge is -2.22. The van der Waals surface area contributed by atoms with Gasteiger partial charge < -0.3 is 4.98 Å². The maximum atomic E-state index is 13.4. The van der Waals surface area contributed by atoms with Gasteiger partial charge >= 0.3 is 6.18 Å². The molecule has 0 fully saturated rings. The van der Waals surface area contributed by atoms with Gasteiger partial charge in [0.1, 0.15) is 5.82 Å². The van der Waals surface area contributed by atoms with Crippen molar-refractivity contribution in [2.75, 3.05) is 5.75 Å². The molecule has 1 atom stereocenters. The molecule has 0 aliphatic carbocycles. The van der Waals surface area contributed by atoms with Crippen molar-refractivity contribution in [2.45, 2.75) is 23.8 Å². The number of benzene rings is 2. The lowest BCUT2D eigenvalue weighted by Crippen LogP contribution is -2.29. The molecular weight excluding hydrogens is 540 g/mol. The van der Waals surface area contributed by atoms with E-state index in [9.17, 15) is 27.2 Å². The zero-order chi connectivity index (χ0) is 24.5. The fourth-order valence-corrected chi connectivity index (χ4v) is 4.34. The molecule has 1 aliphatic rings. The Morgan fingerprint density at radius 1 is 1.15 bits per heavy atom. The first-order chi connectivity index (χ1) is 16.1. The zero-order valence-electron chi connectivity index (χ0n) is 17.1. The summed E-state index contributed by atoms with van der Waals surface area (Å²) in [6.45, 7) is 0. The molecule has 6 nitrogen and oxygen atoms in total. The fraction of sp³-hybridized carbons (Fsp3) is 0.182. The van der Waals surface area contributed by atoms with Crippen molar-refractivity contribution in [3.63, 3.8) is 0 Å². The van der Waals surface area contributed by atoms with Gasteiger partial charge in [0.2, 0.25) is 0 Å². The molecule has 34 heavy (non-hydrogen) atoms. The number of aromatic amines is 1. The summed E-state index contributed by atoms with van der Waals surface area (Å²) in [7, 11) is 0. The first kappa shape index (κ1) is 24.1. The van der Waals surface area contributed by atoms with Crippen molar-refractivity contribution in [3.05, 3.63) is 92.1 Å². The van der Waals surface area contributed by atoms with Gasteiger partial charge in [0.05, 0.1) is 17.5 Å². The SMILES string of the molecule is O=C(CSc1nc(C(F)(F)F)cc(=O)[nH]1)N1N=C(c2ccc(Br)cc2)CC1c1ccc(F)cc1. The van der Waals surface area contributed by atoms with E-state index < -0.39 is 35.2 Å². The molecule has 1 aromatic heterocycles. The molecule has 0 radical (unpaired) electrons. The van der Waals surface area contributed by atoms with Gasteiger partial charge in [-0.25, -0.2) is 14.4 Å². The van der Waals surface area contributed by atoms with E-state index in [0.717, 1.165) is 10.0 Å². The minimum absolute atomic E-state index is 0.320. The number of nitrogens with one attached hydrogen (secondary N) is 1. The molecule has 3 aromatic rings. The Balaban J connectivity index is 1.58. The number of nitrogens with zero attached hydrogens (tertiary/aromatic N) is 3. The number of carbonyl (C=O) groups is 1. The van der Waals surface area contributed by atoms with Crippen LogP contribution in [0.15, 0.2) is 74.1 Å². The standard InChI is InChI=1S/C22H15BrF4N4O2S/c23-14-5-1-12(2-6-14)16-9-17(13-3-7-15(24)8-4-13)31(30-16)20(33)11-34-21-28-18(22(25,26)27)10-19(32)29-21/h1-8,10,17H,9,11H2,(H,28,29,32). The van der Waals surface area contributed by atoms with Gasteiger partial charge in [-0.1, -0.05) is 52.0 Å². The second-order valence-electron chi connectivity index (χ2n) is 7.29. The predicted octanol–water partition coefficient (Wildman–Crippen LogP) is 5.16. The van der Waals surface area contributed by atoms with Crippen LogP contribution in [0, 0.1) is 5.82 Å². The monoisotopic (exact) mass is 554 g/mol. The summed E-state index contributed by atoms with van der Waals surface area (Å²) >= 11 is 4.03. The maximum Gasteiger partial charge on any atom is 0.433 e. The number of hydrazone groups is 1. The fourth-order valence-electron chi connectivity index (χ4n) is 3.35.